The summed E-state index contributed by atoms with van der Waals surface area (Å²) in [5, 5.41) is 9.75. The molecule has 0 radical (unpaired) electrons. The van der Waals surface area contributed by atoms with Crippen molar-refractivity contribution in [2.45, 2.75) is 52.1 Å². The van der Waals surface area contributed by atoms with E-state index in [0.29, 0.717) is 12.0 Å². The van der Waals surface area contributed by atoms with E-state index in [4.69, 9.17) is 5.10 Å². The minimum absolute atomic E-state index is 0.645. The van der Waals surface area contributed by atoms with E-state index in [1.54, 1.807) is 0 Å². The first-order chi connectivity index (χ1) is 10.2. The summed E-state index contributed by atoms with van der Waals surface area (Å²) in [5.74, 6) is 1.56. The van der Waals surface area contributed by atoms with Gasteiger partial charge in [-0.25, -0.2) is 0 Å². The summed E-state index contributed by atoms with van der Waals surface area (Å²) in [4.78, 5) is 0. The molecule has 1 aliphatic carbocycles. The van der Waals surface area contributed by atoms with Gasteiger partial charge in [-0.2, -0.15) is 5.10 Å². The Morgan fingerprint density at radius 3 is 2.86 bits per heavy atom. The van der Waals surface area contributed by atoms with Gasteiger partial charge in [-0.3, -0.25) is 4.68 Å². The molecule has 2 aromatic rings. The highest BCUT2D eigenvalue weighted by molar-refractivity contribution is 5.81. The lowest BCUT2D eigenvalue weighted by Crippen LogP contribution is -2.39. The zero-order valence-corrected chi connectivity index (χ0v) is 13.5. The van der Waals surface area contributed by atoms with Crippen LogP contribution >= 0.6 is 0 Å². The van der Waals surface area contributed by atoms with Crippen LogP contribution in [0.1, 0.15) is 38.8 Å². The summed E-state index contributed by atoms with van der Waals surface area (Å²) in [6, 6.07) is 9.30. The number of rotatable bonds is 4. The van der Waals surface area contributed by atoms with Crippen LogP contribution in [0, 0.1) is 11.8 Å². The first-order valence-corrected chi connectivity index (χ1v) is 8.34. The first-order valence-electron chi connectivity index (χ1n) is 8.34. The number of aryl methyl sites for hydroxylation is 1. The second kappa shape index (κ2) is 6.18. The molecule has 0 bridgehead atoms. The predicted octanol–water partition coefficient (Wildman–Crippen LogP) is 3.62. The van der Waals surface area contributed by atoms with Gasteiger partial charge in [-0.15, -0.1) is 0 Å². The molecular formula is C18H27N3. The lowest BCUT2D eigenvalue weighted by atomic mass is 9.76. The molecule has 1 aromatic heterocycles. The Hall–Kier alpha value is -1.35. The number of hydrogen-bond donors (Lipinski definition) is 1. The van der Waals surface area contributed by atoms with Crippen LogP contribution in [0.15, 0.2) is 24.3 Å². The molecule has 3 nitrogen and oxygen atoms in total. The molecule has 0 spiro atoms. The molecule has 3 atom stereocenters. The number of hydrogen-bond acceptors (Lipinski definition) is 2. The lowest BCUT2D eigenvalue weighted by Gasteiger charge is -2.34. The third kappa shape index (κ3) is 2.84. The third-order valence-corrected chi connectivity index (χ3v) is 5.10. The predicted molar refractivity (Wildman–Crippen MR) is 88.5 cm³/mol. The van der Waals surface area contributed by atoms with Crippen LogP contribution < -0.4 is 5.32 Å². The molecular weight excluding hydrogens is 258 g/mol. The molecule has 1 saturated carbocycles. The fraction of sp³-hybridized carbons (Fsp3) is 0.611. The van der Waals surface area contributed by atoms with E-state index < -0.39 is 0 Å². The highest BCUT2D eigenvalue weighted by Crippen LogP contribution is 2.32. The minimum Gasteiger partial charge on any atom is -0.317 e. The fourth-order valence-electron chi connectivity index (χ4n) is 3.94. The highest BCUT2D eigenvalue weighted by atomic mass is 15.3. The quantitative estimate of drug-likeness (QED) is 0.930. The smallest absolute Gasteiger partial charge is 0.0706 e. The van der Waals surface area contributed by atoms with Crippen molar-refractivity contribution in [1.29, 1.82) is 0 Å². The number of benzene rings is 1. The summed E-state index contributed by atoms with van der Waals surface area (Å²) in [5.41, 5.74) is 2.56. The van der Waals surface area contributed by atoms with E-state index in [1.807, 2.05) is 0 Å². The minimum atomic E-state index is 0.645. The van der Waals surface area contributed by atoms with Gasteiger partial charge in [0, 0.05) is 18.0 Å². The van der Waals surface area contributed by atoms with Crippen molar-refractivity contribution in [1.82, 2.24) is 15.1 Å². The second-order valence-corrected chi connectivity index (χ2v) is 6.56. The maximum absolute atomic E-state index is 4.88. The molecule has 21 heavy (non-hydrogen) atoms. The molecule has 1 heterocycles. The van der Waals surface area contributed by atoms with Gasteiger partial charge in [0.1, 0.15) is 0 Å². The zero-order valence-electron chi connectivity index (χ0n) is 13.5. The average Bonchev–Trinajstić information content (AvgIpc) is 2.86. The average molecular weight is 285 g/mol. The molecule has 0 saturated heterocycles. The van der Waals surface area contributed by atoms with Crippen molar-refractivity contribution in [3.05, 3.63) is 30.0 Å². The van der Waals surface area contributed by atoms with Gasteiger partial charge in [-0.05, 0) is 57.6 Å². The van der Waals surface area contributed by atoms with Crippen LogP contribution in [-0.2, 0) is 13.0 Å². The molecule has 1 aromatic carbocycles. The van der Waals surface area contributed by atoms with Crippen molar-refractivity contribution in [3.63, 3.8) is 0 Å². The van der Waals surface area contributed by atoms with E-state index in [0.717, 1.165) is 18.9 Å². The lowest BCUT2D eigenvalue weighted by molar-refractivity contribution is 0.219. The van der Waals surface area contributed by atoms with Crippen LogP contribution in [-0.4, -0.2) is 22.9 Å². The van der Waals surface area contributed by atoms with Gasteiger partial charge < -0.3 is 5.32 Å². The Morgan fingerprint density at radius 2 is 2.10 bits per heavy atom. The molecule has 3 unspecified atom stereocenters. The van der Waals surface area contributed by atoms with Crippen molar-refractivity contribution in [2.75, 3.05) is 7.05 Å². The standard InChI is InChI=1S/C18H27N3/c1-4-21-18-8-6-5-7-15(18)17(20-21)12-14-11-13(2)9-10-16(14)19-3/h5-8,13-14,16,19H,4,9-12H2,1-3H3. The Balaban J connectivity index is 1.90. The van der Waals surface area contributed by atoms with Gasteiger partial charge in [-0.1, -0.05) is 25.1 Å². The van der Waals surface area contributed by atoms with Crippen LogP contribution in [0.2, 0.25) is 0 Å². The van der Waals surface area contributed by atoms with Crippen molar-refractivity contribution in [3.8, 4) is 0 Å². The molecule has 0 aliphatic heterocycles. The maximum Gasteiger partial charge on any atom is 0.0706 e. The topological polar surface area (TPSA) is 29.9 Å². The molecule has 114 valence electrons. The number of aromatic nitrogens is 2. The van der Waals surface area contributed by atoms with Crippen molar-refractivity contribution in [2.24, 2.45) is 11.8 Å². The van der Waals surface area contributed by atoms with Crippen LogP contribution in [0.3, 0.4) is 0 Å². The summed E-state index contributed by atoms with van der Waals surface area (Å²) in [6.45, 7) is 5.50. The SMILES string of the molecule is CCn1nc(CC2CC(C)CCC2NC)c2ccccc21. The molecule has 1 fully saturated rings. The molecule has 3 heteroatoms. The first kappa shape index (κ1) is 14.6. The van der Waals surface area contributed by atoms with Crippen LogP contribution in [0.25, 0.3) is 10.9 Å². The Morgan fingerprint density at radius 1 is 1.29 bits per heavy atom. The molecule has 1 aliphatic rings. The summed E-state index contributed by atoms with van der Waals surface area (Å²) in [6.07, 6.45) is 5.07. The van der Waals surface area contributed by atoms with E-state index >= 15 is 0 Å². The monoisotopic (exact) mass is 285 g/mol. The van der Waals surface area contributed by atoms with Crippen molar-refractivity contribution < 1.29 is 0 Å². The second-order valence-electron chi connectivity index (χ2n) is 6.56. The van der Waals surface area contributed by atoms with E-state index in [1.165, 1.54) is 35.9 Å². The Bertz CT molecular complexity index is 602. The van der Waals surface area contributed by atoms with Gasteiger partial charge >= 0.3 is 0 Å². The van der Waals surface area contributed by atoms with Crippen LogP contribution in [0.5, 0.6) is 0 Å². The number of para-hydroxylation sites is 1. The summed E-state index contributed by atoms with van der Waals surface area (Å²) < 4.78 is 2.14. The molecule has 1 N–H and O–H groups in total. The fourth-order valence-corrected chi connectivity index (χ4v) is 3.94. The highest BCUT2D eigenvalue weighted by Gasteiger charge is 2.28. The van der Waals surface area contributed by atoms with E-state index in [9.17, 15) is 0 Å². The van der Waals surface area contributed by atoms with E-state index in [2.05, 4.69) is 55.2 Å². The van der Waals surface area contributed by atoms with E-state index in [-0.39, 0.29) is 0 Å². The van der Waals surface area contributed by atoms with Crippen LogP contribution in [0.4, 0.5) is 0 Å². The zero-order chi connectivity index (χ0) is 14.8. The summed E-state index contributed by atoms with van der Waals surface area (Å²) >= 11 is 0. The maximum atomic E-state index is 4.88. The largest absolute Gasteiger partial charge is 0.317 e. The van der Waals surface area contributed by atoms with Crippen molar-refractivity contribution >= 4 is 10.9 Å². The Labute approximate surface area is 127 Å². The number of nitrogens with zero attached hydrogens (tertiary/aromatic N) is 2. The number of fused-ring (bicyclic) bond motifs is 1. The van der Waals surface area contributed by atoms with Gasteiger partial charge in [0.25, 0.3) is 0 Å². The normalized spacial score (nSPS) is 26.3. The van der Waals surface area contributed by atoms with Gasteiger partial charge in [0.15, 0.2) is 0 Å². The van der Waals surface area contributed by atoms with Gasteiger partial charge in [0.05, 0.1) is 11.2 Å². The molecule has 3 rings (SSSR count). The Kier molecular flexibility index (Phi) is 4.29. The summed E-state index contributed by atoms with van der Waals surface area (Å²) in [7, 11) is 2.11. The van der Waals surface area contributed by atoms with Gasteiger partial charge in [0.2, 0.25) is 0 Å². The molecule has 0 amide bonds. The number of nitrogens with one attached hydrogen (secondary N) is 1. The third-order valence-electron chi connectivity index (χ3n) is 5.10.